The largest absolute Gasteiger partial charge is 0.307 e. The molecule has 0 radical (unpaired) electrons. The summed E-state index contributed by atoms with van der Waals surface area (Å²) in [6.45, 7) is 3.89. The Morgan fingerprint density at radius 1 is 1.42 bits per heavy atom. The summed E-state index contributed by atoms with van der Waals surface area (Å²) in [6.07, 6.45) is 1.59. The zero-order chi connectivity index (χ0) is 14.0. The van der Waals surface area contributed by atoms with E-state index in [0.29, 0.717) is 5.82 Å². The second kappa shape index (κ2) is 5.52. The van der Waals surface area contributed by atoms with E-state index in [0.717, 1.165) is 0 Å². The maximum atomic E-state index is 13.8. The average Bonchev–Trinajstić information content (AvgIpc) is 2.80. The second-order valence-electron chi connectivity index (χ2n) is 4.31. The zero-order valence-electron chi connectivity index (χ0n) is 10.5. The van der Waals surface area contributed by atoms with Crippen LogP contribution in [0.2, 0.25) is 0 Å². The number of anilines is 1. The third kappa shape index (κ3) is 2.84. The molecular weight excluding hydrogens is 313 g/mol. The van der Waals surface area contributed by atoms with E-state index in [1.165, 1.54) is 6.07 Å². The number of halogens is 2. The molecule has 0 saturated heterocycles. The molecule has 2 rings (SSSR count). The van der Waals surface area contributed by atoms with Gasteiger partial charge in [0.1, 0.15) is 11.6 Å². The number of hydrogen-bond donors (Lipinski definition) is 1. The summed E-state index contributed by atoms with van der Waals surface area (Å²) in [5.41, 5.74) is -0.00844. The Kier molecular flexibility index (Phi) is 3.99. The Hall–Kier alpha value is -1.69. The van der Waals surface area contributed by atoms with Gasteiger partial charge in [-0.15, -0.1) is 0 Å². The van der Waals surface area contributed by atoms with Crippen molar-refractivity contribution in [1.29, 1.82) is 0 Å². The highest BCUT2D eigenvalue weighted by Gasteiger charge is 2.16. The standard InChI is InChI=1S/C13H13BrFN3O/c1-8(2)18-11(6-7-16-18)17-13(19)9-4-3-5-10(14)12(9)15/h3-8H,1-2H3,(H,17,19). The molecular formula is C13H13BrFN3O. The van der Waals surface area contributed by atoms with E-state index in [2.05, 4.69) is 26.3 Å². The molecule has 1 aromatic heterocycles. The van der Waals surface area contributed by atoms with Crippen molar-refractivity contribution < 1.29 is 9.18 Å². The third-order valence-corrected chi connectivity index (χ3v) is 3.21. The summed E-state index contributed by atoms with van der Waals surface area (Å²) in [6, 6.07) is 6.38. The number of nitrogens with one attached hydrogen (secondary N) is 1. The predicted molar refractivity (Wildman–Crippen MR) is 74.7 cm³/mol. The molecule has 0 aliphatic heterocycles. The molecule has 1 aromatic carbocycles. The van der Waals surface area contributed by atoms with Gasteiger partial charge >= 0.3 is 0 Å². The molecule has 1 N–H and O–H groups in total. The molecule has 0 fully saturated rings. The smallest absolute Gasteiger partial charge is 0.259 e. The zero-order valence-corrected chi connectivity index (χ0v) is 12.1. The molecule has 0 spiro atoms. The van der Waals surface area contributed by atoms with Crippen molar-refractivity contribution in [2.45, 2.75) is 19.9 Å². The van der Waals surface area contributed by atoms with Crippen molar-refractivity contribution in [1.82, 2.24) is 9.78 Å². The van der Waals surface area contributed by atoms with Gasteiger partial charge in [-0.05, 0) is 41.9 Å². The van der Waals surface area contributed by atoms with Gasteiger partial charge in [-0.25, -0.2) is 9.07 Å². The van der Waals surface area contributed by atoms with Crippen molar-refractivity contribution in [3.63, 3.8) is 0 Å². The molecule has 0 aliphatic rings. The van der Waals surface area contributed by atoms with E-state index in [9.17, 15) is 9.18 Å². The van der Waals surface area contributed by atoms with Crippen molar-refractivity contribution in [2.75, 3.05) is 5.32 Å². The van der Waals surface area contributed by atoms with Gasteiger partial charge < -0.3 is 5.32 Å². The maximum absolute atomic E-state index is 13.8. The fraction of sp³-hybridized carbons (Fsp3) is 0.231. The summed E-state index contributed by atoms with van der Waals surface area (Å²) in [5, 5.41) is 6.76. The molecule has 100 valence electrons. The van der Waals surface area contributed by atoms with Gasteiger partial charge in [-0.3, -0.25) is 4.79 Å². The lowest BCUT2D eigenvalue weighted by Crippen LogP contribution is -2.18. The Morgan fingerprint density at radius 3 is 2.84 bits per heavy atom. The van der Waals surface area contributed by atoms with Gasteiger partial charge in [-0.2, -0.15) is 5.10 Å². The van der Waals surface area contributed by atoms with Crippen molar-refractivity contribution in [3.05, 3.63) is 46.3 Å². The number of carbonyl (C=O) groups is 1. The van der Waals surface area contributed by atoms with Crippen molar-refractivity contribution >= 4 is 27.7 Å². The molecule has 0 atom stereocenters. The minimum absolute atomic E-state index is 0.00844. The van der Waals surface area contributed by atoms with E-state index >= 15 is 0 Å². The van der Waals surface area contributed by atoms with Crippen LogP contribution in [0.1, 0.15) is 30.2 Å². The highest BCUT2D eigenvalue weighted by Crippen LogP contribution is 2.20. The molecule has 0 unspecified atom stereocenters. The van der Waals surface area contributed by atoms with Gasteiger partial charge in [0.2, 0.25) is 0 Å². The number of nitrogens with zero attached hydrogens (tertiary/aromatic N) is 2. The van der Waals surface area contributed by atoms with Crippen LogP contribution >= 0.6 is 15.9 Å². The average molecular weight is 326 g/mol. The molecule has 0 saturated carbocycles. The van der Waals surface area contributed by atoms with Crippen molar-refractivity contribution in [2.24, 2.45) is 0 Å². The molecule has 2 aromatic rings. The number of amides is 1. The van der Waals surface area contributed by atoms with E-state index in [4.69, 9.17) is 0 Å². The molecule has 1 heterocycles. The third-order valence-electron chi connectivity index (χ3n) is 2.60. The first kappa shape index (κ1) is 13.7. The Balaban J connectivity index is 2.26. The number of benzene rings is 1. The molecule has 0 aliphatic carbocycles. The fourth-order valence-corrected chi connectivity index (χ4v) is 2.05. The summed E-state index contributed by atoms with van der Waals surface area (Å²) in [4.78, 5) is 12.0. The Labute approximate surface area is 118 Å². The van der Waals surface area contributed by atoms with Crippen LogP contribution in [0.15, 0.2) is 34.9 Å². The monoisotopic (exact) mass is 325 g/mol. The van der Waals surface area contributed by atoms with E-state index in [1.807, 2.05) is 13.8 Å². The maximum Gasteiger partial charge on any atom is 0.259 e. The second-order valence-corrected chi connectivity index (χ2v) is 5.16. The first-order chi connectivity index (χ1) is 9.00. The van der Waals surface area contributed by atoms with Crippen LogP contribution < -0.4 is 5.32 Å². The lowest BCUT2D eigenvalue weighted by Gasteiger charge is -2.12. The van der Waals surface area contributed by atoms with Crippen LogP contribution in [-0.4, -0.2) is 15.7 Å². The number of carbonyl (C=O) groups excluding carboxylic acids is 1. The molecule has 0 bridgehead atoms. The van der Waals surface area contributed by atoms with Crippen LogP contribution in [0.5, 0.6) is 0 Å². The minimum Gasteiger partial charge on any atom is -0.307 e. The first-order valence-corrected chi connectivity index (χ1v) is 6.59. The van der Waals surface area contributed by atoms with Crippen LogP contribution in [0.3, 0.4) is 0 Å². The SMILES string of the molecule is CC(C)n1nccc1NC(=O)c1cccc(Br)c1F. The van der Waals surface area contributed by atoms with Crippen LogP contribution in [0.4, 0.5) is 10.2 Å². The summed E-state index contributed by atoms with van der Waals surface area (Å²) >= 11 is 3.06. The van der Waals surface area contributed by atoms with E-state index < -0.39 is 11.7 Å². The van der Waals surface area contributed by atoms with Crippen LogP contribution in [0, 0.1) is 5.82 Å². The van der Waals surface area contributed by atoms with Gasteiger partial charge in [0.15, 0.2) is 0 Å². The Morgan fingerprint density at radius 2 is 2.16 bits per heavy atom. The summed E-state index contributed by atoms with van der Waals surface area (Å²) in [5.74, 6) is -0.531. The lowest BCUT2D eigenvalue weighted by molar-refractivity contribution is 0.102. The predicted octanol–water partition coefficient (Wildman–Crippen LogP) is 3.62. The minimum atomic E-state index is -0.574. The quantitative estimate of drug-likeness (QED) is 0.936. The summed E-state index contributed by atoms with van der Waals surface area (Å²) < 4.78 is 15.7. The normalized spacial score (nSPS) is 10.8. The first-order valence-electron chi connectivity index (χ1n) is 5.79. The molecule has 4 nitrogen and oxygen atoms in total. The molecule has 6 heteroatoms. The molecule has 19 heavy (non-hydrogen) atoms. The van der Waals surface area contributed by atoms with Gasteiger partial charge in [-0.1, -0.05) is 6.07 Å². The van der Waals surface area contributed by atoms with Gasteiger partial charge in [0, 0.05) is 12.1 Å². The van der Waals surface area contributed by atoms with Crippen LogP contribution in [-0.2, 0) is 0 Å². The van der Waals surface area contributed by atoms with Gasteiger partial charge in [0.25, 0.3) is 5.91 Å². The lowest BCUT2D eigenvalue weighted by atomic mass is 10.2. The Bertz CT molecular complexity index is 610. The highest BCUT2D eigenvalue weighted by atomic mass is 79.9. The number of rotatable bonds is 3. The van der Waals surface area contributed by atoms with Gasteiger partial charge in [0.05, 0.1) is 16.2 Å². The van der Waals surface area contributed by atoms with E-state index in [-0.39, 0.29) is 16.1 Å². The number of hydrogen-bond acceptors (Lipinski definition) is 2. The van der Waals surface area contributed by atoms with Crippen LogP contribution in [0.25, 0.3) is 0 Å². The fourth-order valence-electron chi connectivity index (χ4n) is 1.69. The molecule has 1 amide bonds. The topological polar surface area (TPSA) is 46.9 Å². The van der Waals surface area contributed by atoms with E-state index in [1.54, 1.807) is 29.1 Å². The number of aromatic nitrogens is 2. The van der Waals surface area contributed by atoms with Crippen molar-refractivity contribution in [3.8, 4) is 0 Å². The summed E-state index contributed by atoms with van der Waals surface area (Å²) in [7, 11) is 0. The highest BCUT2D eigenvalue weighted by molar-refractivity contribution is 9.10.